The smallest absolute Gasteiger partial charge is 0.408 e. The summed E-state index contributed by atoms with van der Waals surface area (Å²) < 4.78 is 34.1. The molecule has 0 bridgehead atoms. The van der Waals surface area contributed by atoms with Gasteiger partial charge in [0, 0.05) is 11.9 Å². The lowest BCUT2D eigenvalue weighted by Crippen LogP contribution is -2.44. The molecule has 1 heterocycles. The van der Waals surface area contributed by atoms with Gasteiger partial charge in [0.25, 0.3) is 10.2 Å². The van der Waals surface area contributed by atoms with Gasteiger partial charge in [-0.1, -0.05) is 30.3 Å². The molecule has 0 radical (unpaired) electrons. The first-order valence-corrected chi connectivity index (χ1v) is 12.8. The molecule has 0 aliphatic rings. The first-order valence-electron chi connectivity index (χ1n) is 10.4. The van der Waals surface area contributed by atoms with E-state index < -0.39 is 34.2 Å². The van der Waals surface area contributed by atoms with Crippen LogP contribution in [0.1, 0.15) is 42.2 Å². The van der Waals surface area contributed by atoms with Gasteiger partial charge in [-0.3, -0.25) is 4.79 Å². The maximum absolute atomic E-state index is 12.8. The number of unbranched alkanes of at least 4 members (excludes halogenated alkanes) is 1. The standard InChI is InChI=1S/C20H27N5O7S2/c1-2-31-18(27)16-13-33-19(23-16)25-17(26)15(10-6-7-11-22-34(21,29)30)24-20(28)32-12-14-8-4-3-5-9-14/h3-5,8-9,13,15,22H,2,6-7,10-12H2,1H3,(H,24,28)(H2,21,29,30)(H,23,25,26). The summed E-state index contributed by atoms with van der Waals surface area (Å²) in [4.78, 5) is 40.8. The third kappa shape index (κ3) is 10.2. The van der Waals surface area contributed by atoms with Crippen LogP contribution in [0, 0.1) is 0 Å². The predicted molar refractivity (Wildman–Crippen MR) is 125 cm³/mol. The number of amides is 2. The molecule has 0 saturated heterocycles. The quantitative estimate of drug-likeness (QED) is 0.230. The molecule has 2 amide bonds. The number of carbonyl (C=O) groups excluding carboxylic acids is 3. The van der Waals surface area contributed by atoms with Crippen molar-refractivity contribution in [3.63, 3.8) is 0 Å². The van der Waals surface area contributed by atoms with Crippen LogP contribution >= 0.6 is 11.3 Å². The summed E-state index contributed by atoms with van der Waals surface area (Å²) in [7, 11) is -3.81. The number of thiazole rings is 1. The molecule has 12 nitrogen and oxygen atoms in total. The highest BCUT2D eigenvalue weighted by Gasteiger charge is 2.23. The molecule has 0 saturated carbocycles. The number of rotatable bonds is 13. The van der Waals surface area contributed by atoms with E-state index in [1.165, 1.54) is 5.38 Å². The van der Waals surface area contributed by atoms with Gasteiger partial charge in [-0.2, -0.15) is 8.42 Å². The van der Waals surface area contributed by atoms with Crippen LogP contribution in [0.15, 0.2) is 35.7 Å². The Labute approximate surface area is 201 Å². The molecule has 1 unspecified atom stereocenters. The molecule has 5 N–H and O–H groups in total. The second-order valence-electron chi connectivity index (χ2n) is 6.94. The van der Waals surface area contributed by atoms with E-state index in [0.717, 1.165) is 16.9 Å². The fraction of sp³-hybridized carbons (Fsp3) is 0.400. The van der Waals surface area contributed by atoms with E-state index in [-0.39, 0.29) is 37.0 Å². The molecule has 0 aliphatic carbocycles. The fourth-order valence-corrected chi connectivity index (χ4v) is 3.80. The summed E-state index contributed by atoms with van der Waals surface area (Å²) in [5.74, 6) is -1.18. The largest absolute Gasteiger partial charge is 0.461 e. The average molecular weight is 514 g/mol. The number of nitrogens with two attached hydrogens (primary N) is 1. The molecule has 1 atom stereocenters. The molecule has 2 rings (SSSR count). The SMILES string of the molecule is CCOC(=O)c1csc(NC(=O)C(CCCCNS(N)(=O)=O)NC(=O)OCc2ccccc2)n1. The summed E-state index contributed by atoms with van der Waals surface area (Å²) in [5, 5.41) is 11.6. The molecule has 186 valence electrons. The number of ether oxygens (including phenoxy) is 2. The number of carbonyl (C=O) groups is 3. The second kappa shape index (κ2) is 13.6. The Hall–Kier alpha value is -3.07. The maximum atomic E-state index is 12.8. The van der Waals surface area contributed by atoms with Crippen LogP contribution in [0.2, 0.25) is 0 Å². The number of nitrogens with one attached hydrogen (secondary N) is 3. The van der Waals surface area contributed by atoms with Crippen molar-refractivity contribution in [2.75, 3.05) is 18.5 Å². The Morgan fingerprint density at radius 1 is 1.15 bits per heavy atom. The van der Waals surface area contributed by atoms with Crippen molar-refractivity contribution >= 4 is 44.6 Å². The van der Waals surface area contributed by atoms with E-state index in [2.05, 4.69) is 20.3 Å². The van der Waals surface area contributed by atoms with Crippen LogP contribution in [0.3, 0.4) is 0 Å². The third-order valence-electron chi connectivity index (χ3n) is 4.26. The fourth-order valence-electron chi connectivity index (χ4n) is 2.69. The highest BCUT2D eigenvalue weighted by atomic mass is 32.2. The Morgan fingerprint density at radius 3 is 2.56 bits per heavy atom. The molecule has 14 heteroatoms. The molecule has 2 aromatic rings. The van der Waals surface area contributed by atoms with Gasteiger partial charge in [0.1, 0.15) is 12.6 Å². The summed E-state index contributed by atoms with van der Waals surface area (Å²) >= 11 is 1.03. The summed E-state index contributed by atoms with van der Waals surface area (Å²) in [6.45, 7) is 1.96. The normalized spacial score (nSPS) is 11.9. The van der Waals surface area contributed by atoms with Crippen LogP contribution in [0.25, 0.3) is 0 Å². The van der Waals surface area contributed by atoms with Crippen LogP contribution in [0.4, 0.5) is 9.93 Å². The second-order valence-corrected chi connectivity index (χ2v) is 9.18. The summed E-state index contributed by atoms with van der Waals surface area (Å²) in [6.07, 6.45) is 0.170. The molecular formula is C20H27N5O7S2. The minimum atomic E-state index is -3.81. The number of esters is 1. The number of aromatic nitrogens is 1. The van der Waals surface area contributed by atoms with Gasteiger partial charge >= 0.3 is 12.1 Å². The van der Waals surface area contributed by atoms with E-state index in [1.54, 1.807) is 31.2 Å². The van der Waals surface area contributed by atoms with Gasteiger partial charge < -0.3 is 20.1 Å². The lowest BCUT2D eigenvalue weighted by molar-refractivity contribution is -0.118. The summed E-state index contributed by atoms with van der Waals surface area (Å²) in [5.41, 5.74) is 0.838. The van der Waals surface area contributed by atoms with E-state index in [1.807, 2.05) is 6.07 Å². The number of anilines is 1. The van der Waals surface area contributed by atoms with Crippen molar-refractivity contribution in [1.29, 1.82) is 0 Å². The third-order valence-corrected chi connectivity index (χ3v) is 5.63. The number of hydrogen-bond acceptors (Lipinski definition) is 9. The van der Waals surface area contributed by atoms with E-state index in [4.69, 9.17) is 14.6 Å². The van der Waals surface area contributed by atoms with Crippen molar-refractivity contribution in [2.45, 2.75) is 38.8 Å². The molecule has 1 aromatic carbocycles. The minimum absolute atomic E-state index is 0.0225. The Kier molecular flexibility index (Phi) is 10.9. The topological polar surface area (TPSA) is 179 Å². The highest BCUT2D eigenvalue weighted by Crippen LogP contribution is 2.17. The van der Waals surface area contributed by atoms with E-state index in [0.29, 0.717) is 12.8 Å². The van der Waals surface area contributed by atoms with Gasteiger partial charge in [-0.25, -0.2) is 24.4 Å². The highest BCUT2D eigenvalue weighted by molar-refractivity contribution is 7.87. The molecule has 1 aromatic heterocycles. The van der Waals surface area contributed by atoms with Crippen molar-refractivity contribution < 1.29 is 32.3 Å². The Bertz CT molecular complexity index is 1060. The van der Waals surface area contributed by atoms with E-state index >= 15 is 0 Å². The number of alkyl carbamates (subject to hydrolysis) is 1. The lowest BCUT2D eigenvalue weighted by Gasteiger charge is -2.17. The minimum Gasteiger partial charge on any atom is -0.461 e. The van der Waals surface area contributed by atoms with Crippen molar-refractivity contribution in [2.24, 2.45) is 5.14 Å². The molecular weight excluding hydrogens is 486 g/mol. The van der Waals surface area contributed by atoms with Crippen LogP contribution in [-0.2, 0) is 31.1 Å². The zero-order valence-corrected chi connectivity index (χ0v) is 20.1. The van der Waals surface area contributed by atoms with Crippen molar-refractivity contribution in [3.05, 3.63) is 47.0 Å². The van der Waals surface area contributed by atoms with Crippen LogP contribution in [0.5, 0.6) is 0 Å². The van der Waals surface area contributed by atoms with Gasteiger partial charge in [-0.05, 0) is 31.7 Å². The zero-order valence-electron chi connectivity index (χ0n) is 18.5. The van der Waals surface area contributed by atoms with Gasteiger partial charge in [0.2, 0.25) is 5.91 Å². The molecule has 0 fully saturated rings. The molecule has 0 aliphatic heterocycles. The average Bonchev–Trinajstić information content (AvgIpc) is 3.25. The maximum Gasteiger partial charge on any atom is 0.408 e. The monoisotopic (exact) mass is 513 g/mol. The molecule has 0 spiro atoms. The zero-order chi connectivity index (χ0) is 25.0. The first-order chi connectivity index (χ1) is 16.2. The first kappa shape index (κ1) is 27.2. The molecule has 34 heavy (non-hydrogen) atoms. The summed E-state index contributed by atoms with van der Waals surface area (Å²) in [6, 6.07) is 8.04. The number of hydrogen-bond donors (Lipinski definition) is 4. The number of nitrogens with zero attached hydrogens (tertiary/aromatic N) is 1. The van der Waals surface area contributed by atoms with Crippen molar-refractivity contribution in [3.8, 4) is 0 Å². The lowest BCUT2D eigenvalue weighted by atomic mass is 10.1. The van der Waals surface area contributed by atoms with Crippen LogP contribution < -0.4 is 20.5 Å². The van der Waals surface area contributed by atoms with Gasteiger partial charge in [0.15, 0.2) is 10.8 Å². The van der Waals surface area contributed by atoms with Gasteiger partial charge in [0.05, 0.1) is 6.61 Å². The van der Waals surface area contributed by atoms with Crippen molar-refractivity contribution in [1.82, 2.24) is 15.0 Å². The Morgan fingerprint density at radius 2 is 1.88 bits per heavy atom. The van der Waals surface area contributed by atoms with Gasteiger partial charge in [-0.15, -0.1) is 11.3 Å². The Balaban J connectivity index is 1.96. The predicted octanol–water partition coefficient (Wildman–Crippen LogP) is 1.52. The van der Waals surface area contributed by atoms with Crippen LogP contribution in [-0.4, -0.2) is 50.6 Å². The number of benzene rings is 1. The van der Waals surface area contributed by atoms with E-state index in [9.17, 15) is 22.8 Å².